The second-order valence-electron chi connectivity index (χ2n) is 8.08. The van der Waals surface area contributed by atoms with Gasteiger partial charge in [0.15, 0.2) is 0 Å². The molecule has 1 aromatic carbocycles. The number of hydrogen-bond acceptors (Lipinski definition) is 4. The van der Waals surface area contributed by atoms with Crippen molar-refractivity contribution in [3.63, 3.8) is 0 Å². The molecule has 0 radical (unpaired) electrons. The Morgan fingerprint density at radius 3 is 2.94 bits per heavy atom. The Morgan fingerprint density at radius 1 is 1.35 bits per heavy atom. The quantitative estimate of drug-likeness (QED) is 0.452. The zero-order valence-electron chi connectivity index (χ0n) is 17.5. The average Bonchev–Trinajstić information content (AvgIpc) is 3.40. The Morgan fingerprint density at radius 2 is 2.16 bits per heavy atom. The molecule has 1 amide bonds. The number of piperidine rings is 1. The number of rotatable bonds is 7. The smallest absolute Gasteiger partial charge is 0.240 e. The maximum Gasteiger partial charge on any atom is 0.240 e. The van der Waals surface area contributed by atoms with Gasteiger partial charge in [0.2, 0.25) is 5.91 Å². The number of hydrogen-bond donors (Lipinski definition) is 2. The van der Waals surface area contributed by atoms with Gasteiger partial charge in [0.1, 0.15) is 11.8 Å². The van der Waals surface area contributed by atoms with Crippen LogP contribution in [-0.4, -0.2) is 39.5 Å². The summed E-state index contributed by atoms with van der Waals surface area (Å²) in [6, 6.07) is 11.7. The average molecular weight is 500 g/mol. The number of amides is 1. The van der Waals surface area contributed by atoms with E-state index in [0.29, 0.717) is 24.6 Å². The number of carbonyl (C=O) groups is 1. The summed E-state index contributed by atoms with van der Waals surface area (Å²) in [6.07, 6.45) is 6.55. The van der Waals surface area contributed by atoms with Crippen molar-refractivity contribution in [2.45, 2.75) is 43.7 Å². The summed E-state index contributed by atoms with van der Waals surface area (Å²) in [4.78, 5) is 19.7. The number of likely N-dealkylation sites (tertiary alicyclic amines) is 1. The number of carbonyl (C=O) groups excluding carboxylic acids is 1. The van der Waals surface area contributed by atoms with E-state index < -0.39 is 0 Å². The molecule has 2 N–H and O–H groups in total. The number of aryl methyl sites for hydroxylation is 1. The molecule has 1 atom stereocenters. The molecular formula is C23H26BrN5OS. The van der Waals surface area contributed by atoms with Crippen molar-refractivity contribution in [2.24, 2.45) is 5.92 Å². The van der Waals surface area contributed by atoms with Crippen LogP contribution in [0.1, 0.15) is 31.9 Å². The molecule has 0 bridgehead atoms. The standard InChI is InChI=1S/C23H26BrN5OS/c1-16-7-11-29(12-8-16)23(30)20(9-13-28-10-3-4-17(28)14-25)27-31-21-6-2-5-19-22(21)18(24)15-26-19/h2-6,10,15-16,20,26-27H,7-9,11-13H2,1H3. The van der Waals surface area contributed by atoms with Gasteiger partial charge in [0, 0.05) is 52.3 Å². The molecule has 4 rings (SSSR count). The van der Waals surface area contributed by atoms with Crippen molar-refractivity contribution in [3.05, 3.63) is 52.9 Å². The van der Waals surface area contributed by atoms with Crippen LogP contribution in [0.3, 0.4) is 0 Å². The van der Waals surface area contributed by atoms with Crippen molar-refractivity contribution in [3.8, 4) is 6.07 Å². The monoisotopic (exact) mass is 499 g/mol. The van der Waals surface area contributed by atoms with Crippen LogP contribution in [0.4, 0.5) is 0 Å². The molecule has 6 nitrogen and oxygen atoms in total. The van der Waals surface area contributed by atoms with E-state index in [1.807, 2.05) is 40.1 Å². The van der Waals surface area contributed by atoms with E-state index in [4.69, 9.17) is 0 Å². The molecule has 0 saturated carbocycles. The number of benzene rings is 1. The molecule has 2 aromatic heterocycles. The third kappa shape index (κ3) is 5.00. The molecule has 1 fully saturated rings. The first-order valence-electron chi connectivity index (χ1n) is 10.6. The summed E-state index contributed by atoms with van der Waals surface area (Å²) in [5.74, 6) is 0.816. The van der Waals surface area contributed by atoms with Gasteiger partial charge in [-0.1, -0.05) is 13.0 Å². The lowest BCUT2D eigenvalue weighted by Crippen LogP contribution is -2.47. The molecule has 8 heteroatoms. The minimum Gasteiger partial charge on any atom is -0.360 e. The number of aromatic amines is 1. The number of nitrogens with one attached hydrogen (secondary N) is 2. The van der Waals surface area contributed by atoms with E-state index in [2.05, 4.69) is 44.7 Å². The van der Waals surface area contributed by atoms with E-state index >= 15 is 0 Å². The van der Waals surface area contributed by atoms with Gasteiger partial charge >= 0.3 is 0 Å². The predicted molar refractivity (Wildman–Crippen MR) is 128 cm³/mol. The summed E-state index contributed by atoms with van der Waals surface area (Å²) in [5, 5.41) is 10.4. The van der Waals surface area contributed by atoms with Crippen molar-refractivity contribution in [1.82, 2.24) is 19.2 Å². The Balaban J connectivity index is 1.50. The molecule has 162 valence electrons. The van der Waals surface area contributed by atoms with Gasteiger partial charge in [-0.15, -0.1) is 0 Å². The van der Waals surface area contributed by atoms with Crippen molar-refractivity contribution in [2.75, 3.05) is 13.1 Å². The van der Waals surface area contributed by atoms with E-state index in [0.717, 1.165) is 46.2 Å². The molecule has 1 saturated heterocycles. The van der Waals surface area contributed by atoms with Gasteiger partial charge in [0.05, 0.1) is 6.04 Å². The van der Waals surface area contributed by atoms with Crippen LogP contribution in [0.15, 0.2) is 52.1 Å². The highest BCUT2D eigenvalue weighted by atomic mass is 79.9. The molecular weight excluding hydrogens is 474 g/mol. The minimum atomic E-state index is -0.333. The topological polar surface area (TPSA) is 76.8 Å². The first kappa shape index (κ1) is 22.0. The van der Waals surface area contributed by atoms with Gasteiger partial charge < -0.3 is 14.5 Å². The van der Waals surface area contributed by atoms with Gasteiger partial charge in [0.25, 0.3) is 0 Å². The lowest BCUT2D eigenvalue weighted by atomic mass is 9.98. The Labute approximate surface area is 195 Å². The lowest BCUT2D eigenvalue weighted by Gasteiger charge is -2.33. The fourth-order valence-corrected chi connectivity index (χ4v) is 5.62. The third-order valence-corrected chi connectivity index (χ3v) is 7.51. The molecule has 1 aliphatic rings. The number of fused-ring (bicyclic) bond motifs is 1. The zero-order chi connectivity index (χ0) is 21.8. The van der Waals surface area contributed by atoms with E-state index in [9.17, 15) is 10.1 Å². The summed E-state index contributed by atoms with van der Waals surface area (Å²) < 4.78 is 6.36. The van der Waals surface area contributed by atoms with Crippen LogP contribution in [0.25, 0.3) is 10.9 Å². The number of halogens is 1. The number of aromatic nitrogens is 2. The van der Waals surface area contributed by atoms with Crippen LogP contribution in [0.2, 0.25) is 0 Å². The van der Waals surface area contributed by atoms with Crippen LogP contribution in [0.5, 0.6) is 0 Å². The maximum atomic E-state index is 13.4. The molecule has 31 heavy (non-hydrogen) atoms. The van der Waals surface area contributed by atoms with Crippen LogP contribution in [-0.2, 0) is 11.3 Å². The lowest BCUT2D eigenvalue weighted by molar-refractivity contribution is -0.134. The summed E-state index contributed by atoms with van der Waals surface area (Å²) in [5.41, 5.74) is 1.67. The van der Waals surface area contributed by atoms with Gasteiger partial charge in [-0.25, -0.2) is 4.72 Å². The van der Waals surface area contributed by atoms with Crippen LogP contribution < -0.4 is 4.72 Å². The highest BCUT2D eigenvalue weighted by Gasteiger charge is 2.27. The van der Waals surface area contributed by atoms with Crippen LogP contribution in [0, 0.1) is 17.2 Å². The van der Waals surface area contributed by atoms with Gasteiger partial charge in [-0.2, -0.15) is 5.26 Å². The second kappa shape index (κ2) is 9.94. The zero-order valence-corrected chi connectivity index (χ0v) is 19.9. The summed E-state index contributed by atoms with van der Waals surface area (Å²) in [6.45, 7) is 4.49. The predicted octanol–water partition coefficient (Wildman–Crippen LogP) is 4.92. The number of nitriles is 1. The molecule has 0 aliphatic carbocycles. The normalized spacial score (nSPS) is 15.8. The fraction of sp³-hybridized carbons (Fsp3) is 0.391. The third-order valence-electron chi connectivity index (χ3n) is 5.93. The molecule has 3 aromatic rings. The van der Waals surface area contributed by atoms with E-state index in [1.54, 1.807) is 6.07 Å². The van der Waals surface area contributed by atoms with Crippen LogP contribution >= 0.6 is 27.9 Å². The Bertz CT molecular complexity index is 1090. The van der Waals surface area contributed by atoms with Gasteiger partial charge in [-0.3, -0.25) is 4.79 Å². The summed E-state index contributed by atoms with van der Waals surface area (Å²) >= 11 is 5.11. The Hall–Kier alpha value is -2.21. The number of nitrogens with zero attached hydrogens (tertiary/aromatic N) is 3. The molecule has 1 unspecified atom stereocenters. The SMILES string of the molecule is CC1CCN(C(=O)C(CCn2cccc2C#N)NSc2cccc3[nH]cc(Br)c23)CC1. The molecule has 1 aliphatic heterocycles. The second-order valence-corrected chi connectivity index (χ2v) is 9.82. The largest absolute Gasteiger partial charge is 0.360 e. The first-order valence-corrected chi connectivity index (χ1v) is 12.2. The minimum absolute atomic E-state index is 0.144. The van der Waals surface area contributed by atoms with Crippen molar-refractivity contribution < 1.29 is 4.79 Å². The highest BCUT2D eigenvalue weighted by molar-refractivity contribution is 9.10. The van der Waals surface area contributed by atoms with E-state index in [-0.39, 0.29) is 11.9 Å². The Kier molecular flexibility index (Phi) is 7.06. The van der Waals surface area contributed by atoms with Crippen molar-refractivity contribution >= 4 is 44.7 Å². The first-order chi connectivity index (χ1) is 15.1. The van der Waals surface area contributed by atoms with E-state index in [1.165, 1.54) is 11.9 Å². The van der Waals surface area contributed by atoms with Crippen molar-refractivity contribution in [1.29, 1.82) is 5.26 Å². The maximum absolute atomic E-state index is 13.4. The summed E-state index contributed by atoms with van der Waals surface area (Å²) in [7, 11) is 0. The highest BCUT2D eigenvalue weighted by Crippen LogP contribution is 2.32. The molecule has 0 spiro atoms. The number of H-pyrrole nitrogens is 1. The molecule has 3 heterocycles. The van der Waals surface area contributed by atoms with Gasteiger partial charge in [-0.05, 0) is 77.3 Å². The fourth-order valence-electron chi connectivity index (χ4n) is 3.99.